The fourth-order valence-electron chi connectivity index (χ4n) is 3.02. The van der Waals surface area contributed by atoms with Crippen molar-refractivity contribution < 1.29 is 14.3 Å². The number of rotatable bonds is 8. The quantitative estimate of drug-likeness (QED) is 0.770. The number of nitrogens with zero attached hydrogens (tertiary/aromatic N) is 2. The summed E-state index contributed by atoms with van der Waals surface area (Å²) in [6.45, 7) is 6.36. The Bertz CT molecular complexity index is 552. The molecular weight excluding hydrogens is 318 g/mol. The normalized spacial score (nSPS) is 15.0. The summed E-state index contributed by atoms with van der Waals surface area (Å²) < 4.78 is 5.17. The van der Waals surface area contributed by atoms with Gasteiger partial charge in [-0.2, -0.15) is 0 Å². The topological polar surface area (TPSA) is 61.9 Å². The second kappa shape index (κ2) is 10.0. The summed E-state index contributed by atoms with van der Waals surface area (Å²) in [7, 11) is 1.68. The summed E-state index contributed by atoms with van der Waals surface area (Å²) in [6.07, 6.45) is 2.56. The third-order valence-electron chi connectivity index (χ3n) is 4.54. The van der Waals surface area contributed by atoms with Gasteiger partial charge in [0.25, 0.3) is 0 Å². The number of aryl methyl sites for hydroxylation is 1. The van der Waals surface area contributed by atoms with Crippen molar-refractivity contribution in [1.29, 1.82) is 0 Å². The number of amides is 2. The summed E-state index contributed by atoms with van der Waals surface area (Å²) in [5, 5.41) is 2.67. The van der Waals surface area contributed by atoms with Crippen molar-refractivity contribution in [2.24, 2.45) is 0 Å². The second-order valence-electron chi connectivity index (χ2n) is 6.41. The average Bonchev–Trinajstić information content (AvgIpc) is 2.62. The first kappa shape index (κ1) is 19.2. The molecule has 1 aromatic carbocycles. The van der Waals surface area contributed by atoms with Gasteiger partial charge in [-0.05, 0) is 37.1 Å². The largest absolute Gasteiger partial charge is 0.497 e. The first-order valence-electron chi connectivity index (χ1n) is 8.96. The third-order valence-corrected chi connectivity index (χ3v) is 4.54. The van der Waals surface area contributed by atoms with Crippen LogP contribution < -0.4 is 10.1 Å². The summed E-state index contributed by atoms with van der Waals surface area (Å²) in [4.78, 5) is 27.2. The summed E-state index contributed by atoms with van der Waals surface area (Å²) in [6, 6.07) is 8.23. The highest BCUT2D eigenvalue weighted by Gasteiger charge is 2.20. The molecule has 0 atom stereocenters. The smallest absolute Gasteiger partial charge is 0.224 e. The van der Waals surface area contributed by atoms with Crippen LogP contribution in [0.1, 0.15) is 25.3 Å². The highest BCUT2D eigenvalue weighted by Crippen LogP contribution is 2.13. The lowest BCUT2D eigenvalue weighted by Gasteiger charge is -2.34. The minimum atomic E-state index is -0.0884. The van der Waals surface area contributed by atoms with Gasteiger partial charge in [0.2, 0.25) is 11.8 Å². The lowest BCUT2D eigenvalue weighted by atomic mass is 10.1. The number of piperazine rings is 1. The number of hydrogen-bond donors (Lipinski definition) is 1. The highest BCUT2D eigenvalue weighted by molar-refractivity contribution is 5.78. The van der Waals surface area contributed by atoms with E-state index in [-0.39, 0.29) is 11.8 Å². The number of methoxy groups -OCH3 is 1. The van der Waals surface area contributed by atoms with E-state index in [1.807, 2.05) is 17.0 Å². The van der Waals surface area contributed by atoms with E-state index in [1.54, 1.807) is 7.11 Å². The van der Waals surface area contributed by atoms with Crippen LogP contribution in [0.5, 0.6) is 5.75 Å². The molecule has 1 N–H and O–H groups in total. The average molecular weight is 347 g/mol. The van der Waals surface area contributed by atoms with Gasteiger partial charge >= 0.3 is 0 Å². The zero-order valence-electron chi connectivity index (χ0n) is 15.3. The molecule has 0 radical (unpaired) electrons. The Labute approximate surface area is 150 Å². The maximum absolute atomic E-state index is 12.1. The zero-order valence-corrected chi connectivity index (χ0v) is 15.3. The van der Waals surface area contributed by atoms with Crippen molar-refractivity contribution in [3.63, 3.8) is 0 Å². The van der Waals surface area contributed by atoms with Crippen LogP contribution in [0, 0.1) is 0 Å². The molecule has 6 nitrogen and oxygen atoms in total. The van der Waals surface area contributed by atoms with Crippen molar-refractivity contribution >= 4 is 11.8 Å². The number of ether oxygens (including phenoxy) is 1. The van der Waals surface area contributed by atoms with E-state index >= 15 is 0 Å². The van der Waals surface area contributed by atoms with E-state index in [0.29, 0.717) is 13.0 Å². The maximum atomic E-state index is 12.1. The van der Waals surface area contributed by atoms with Crippen LogP contribution in [0.2, 0.25) is 0 Å². The van der Waals surface area contributed by atoms with Crippen LogP contribution in [0.25, 0.3) is 0 Å². The Hall–Kier alpha value is -2.08. The van der Waals surface area contributed by atoms with Crippen molar-refractivity contribution in [2.75, 3.05) is 46.4 Å². The van der Waals surface area contributed by atoms with E-state index in [2.05, 4.69) is 22.3 Å². The van der Waals surface area contributed by atoms with Gasteiger partial charge in [-0.3, -0.25) is 14.5 Å². The van der Waals surface area contributed by atoms with Crippen LogP contribution in [0.15, 0.2) is 24.3 Å². The SMILES string of the molecule is COc1ccc(CCCN2CCN(C(=O)CCNC(C)=O)CC2)cc1. The van der Waals surface area contributed by atoms with E-state index in [4.69, 9.17) is 4.74 Å². The monoisotopic (exact) mass is 347 g/mol. The van der Waals surface area contributed by atoms with Gasteiger partial charge in [-0.15, -0.1) is 0 Å². The van der Waals surface area contributed by atoms with Gasteiger partial charge in [-0.1, -0.05) is 12.1 Å². The van der Waals surface area contributed by atoms with Gasteiger partial charge < -0.3 is 15.0 Å². The van der Waals surface area contributed by atoms with Crippen LogP contribution in [0.4, 0.5) is 0 Å². The molecule has 1 heterocycles. The molecule has 0 unspecified atom stereocenters. The molecule has 6 heteroatoms. The predicted octanol–water partition coefficient (Wildman–Crippen LogP) is 1.30. The number of carbonyl (C=O) groups is 2. The molecule has 25 heavy (non-hydrogen) atoms. The molecule has 138 valence electrons. The molecule has 2 amide bonds. The molecule has 1 aromatic rings. The molecule has 0 saturated carbocycles. The molecule has 0 aliphatic carbocycles. The minimum absolute atomic E-state index is 0.0884. The number of benzene rings is 1. The molecule has 1 aliphatic heterocycles. The Balaban J connectivity index is 1.61. The Kier molecular flexibility index (Phi) is 7.73. The summed E-state index contributed by atoms with van der Waals surface area (Å²) in [5.74, 6) is 0.934. The first-order chi connectivity index (χ1) is 12.1. The number of hydrogen-bond acceptors (Lipinski definition) is 4. The van der Waals surface area contributed by atoms with E-state index in [9.17, 15) is 9.59 Å². The molecule has 1 fully saturated rings. The van der Waals surface area contributed by atoms with Crippen LogP contribution in [-0.2, 0) is 16.0 Å². The predicted molar refractivity (Wildman–Crippen MR) is 97.6 cm³/mol. The van der Waals surface area contributed by atoms with Crippen LogP contribution >= 0.6 is 0 Å². The van der Waals surface area contributed by atoms with Gasteiger partial charge in [-0.25, -0.2) is 0 Å². The third kappa shape index (κ3) is 6.74. The van der Waals surface area contributed by atoms with Gasteiger partial charge in [0.05, 0.1) is 7.11 Å². The van der Waals surface area contributed by atoms with Crippen molar-refractivity contribution in [3.8, 4) is 5.75 Å². The molecule has 0 spiro atoms. The van der Waals surface area contributed by atoms with E-state index in [1.165, 1.54) is 12.5 Å². The Morgan fingerprint density at radius 1 is 1.12 bits per heavy atom. The summed E-state index contributed by atoms with van der Waals surface area (Å²) in [5.41, 5.74) is 1.33. The molecular formula is C19H29N3O3. The molecule has 0 aromatic heterocycles. The first-order valence-corrected chi connectivity index (χ1v) is 8.96. The van der Waals surface area contributed by atoms with E-state index < -0.39 is 0 Å². The fraction of sp³-hybridized carbons (Fsp3) is 0.579. The van der Waals surface area contributed by atoms with Crippen molar-refractivity contribution in [1.82, 2.24) is 15.1 Å². The molecule has 2 rings (SSSR count). The summed E-state index contributed by atoms with van der Waals surface area (Å²) >= 11 is 0. The van der Waals surface area contributed by atoms with Crippen LogP contribution in [0.3, 0.4) is 0 Å². The highest BCUT2D eigenvalue weighted by atomic mass is 16.5. The standard InChI is InChI=1S/C19H29N3O3/c1-16(23)20-10-9-19(24)22-14-12-21(13-15-22)11-3-4-17-5-7-18(25-2)8-6-17/h5-8H,3-4,9-15H2,1-2H3,(H,20,23). The minimum Gasteiger partial charge on any atom is -0.497 e. The van der Waals surface area contributed by atoms with Gasteiger partial charge in [0.1, 0.15) is 5.75 Å². The van der Waals surface area contributed by atoms with Gasteiger partial charge in [0.15, 0.2) is 0 Å². The van der Waals surface area contributed by atoms with Crippen molar-refractivity contribution in [3.05, 3.63) is 29.8 Å². The van der Waals surface area contributed by atoms with Crippen molar-refractivity contribution in [2.45, 2.75) is 26.2 Å². The van der Waals surface area contributed by atoms with Crippen LogP contribution in [-0.4, -0.2) is 68.0 Å². The number of nitrogens with one attached hydrogen (secondary N) is 1. The Morgan fingerprint density at radius 3 is 2.40 bits per heavy atom. The lowest BCUT2D eigenvalue weighted by Crippen LogP contribution is -2.49. The zero-order chi connectivity index (χ0) is 18.1. The molecule has 1 aliphatic rings. The second-order valence-corrected chi connectivity index (χ2v) is 6.41. The molecule has 1 saturated heterocycles. The number of carbonyl (C=O) groups excluding carboxylic acids is 2. The van der Waals surface area contributed by atoms with Gasteiger partial charge in [0, 0.05) is 46.1 Å². The lowest BCUT2D eigenvalue weighted by molar-refractivity contribution is -0.132. The Morgan fingerprint density at radius 2 is 1.80 bits per heavy atom. The van der Waals surface area contributed by atoms with E-state index in [0.717, 1.165) is 51.3 Å². The molecule has 0 bridgehead atoms. The maximum Gasteiger partial charge on any atom is 0.224 e. The fourth-order valence-corrected chi connectivity index (χ4v) is 3.02.